The maximum absolute atomic E-state index is 13.3. The molecule has 0 saturated carbocycles. The Morgan fingerprint density at radius 1 is 0.867 bits per heavy atom. The van der Waals surface area contributed by atoms with Crippen LogP contribution in [-0.4, -0.2) is 10.8 Å². The van der Waals surface area contributed by atoms with Crippen molar-refractivity contribution in [3.8, 4) is 0 Å². The first-order valence-corrected chi connectivity index (χ1v) is 10.7. The lowest BCUT2D eigenvalue weighted by atomic mass is 10.0. The van der Waals surface area contributed by atoms with Gasteiger partial charge in [0.15, 0.2) is 5.04 Å². The van der Waals surface area contributed by atoms with E-state index in [1.807, 2.05) is 85.8 Å². The number of hydrogen-bond acceptors (Lipinski definition) is 4. The van der Waals surface area contributed by atoms with Crippen LogP contribution in [0.1, 0.15) is 15.9 Å². The molecule has 5 heteroatoms. The number of Topliss-reactive ketones (excluding diaryl/α,β-unsaturated/α-hetero) is 1. The van der Waals surface area contributed by atoms with Gasteiger partial charge in [0.1, 0.15) is 0 Å². The molecule has 0 bridgehead atoms. The van der Waals surface area contributed by atoms with Crippen LogP contribution < -0.4 is 5.43 Å². The van der Waals surface area contributed by atoms with Crippen LogP contribution in [0, 0.1) is 6.92 Å². The minimum Gasteiger partial charge on any atom is -0.286 e. The van der Waals surface area contributed by atoms with Crippen LogP contribution in [0.2, 0.25) is 5.02 Å². The number of benzene rings is 4. The molecule has 0 aliphatic heterocycles. The Bertz CT molecular complexity index is 1220. The van der Waals surface area contributed by atoms with Gasteiger partial charge in [0, 0.05) is 15.5 Å². The molecule has 30 heavy (non-hydrogen) atoms. The maximum Gasteiger partial charge on any atom is 0.220 e. The van der Waals surface area contributed by atoms with E-state index in [1.165, 1.54) is 11.8 Å². The molecular weight excluding hydrogens is 412 g/mol. The summed E-state index contributed by atoms with van der Waals surface area (Å²) in [7, 11) is 0. The molecule has 4 rings (SSSR count). The molecule has 0 aliphatic rings. The number of hydrogen-bond donors (Lipinski definition) is 1. The summed E-state index contributed by atoms with van der Waals surface area (Å²) in [5.41, 5.74) is 5.50. The third-order valence-electron chi connectivity index (χ3n) is 4.57. The molecule has 0 spiro atoms. The second kappa shape index (κ2) is 9.16. The lowest BCUT2D eigenvalue weighted by Crippen LogP contribution is -2.13. The van der Waals surface area contributed by atoms with Crippen molar-refractivity contribution in [2.45, 2.75) is 11.8 Å². The van der Waals surface area contributed by atoms with Gasteiger partial charge in [-0.05, 0) is 60.2 Å². The molecule has 0 amide bonds. The van der Waals surface area contributed by atoms with E-state index in [1.54, 1.807) is 12.1 Å². The fraction of sp³-hybridized carbons (Fsp3) is 0.0400. The monoisotopic (exact) mass is 430 g/mol. The number of thioether (sulfide) groups is 1. The Hall–Kier alpha value is -3.08. The summed E-state index contributed by atoms with van der Waals surface area (Å²) in [5.74, 6) is -0.132. The fourth-order valence-corrected chi connectivity index (χ4v) is 3.85. The van der Waals surface area contributed by atoms with Crippen molar-refractivity contribution in [2.24, 2.45) is 5.10 Å². The molecule has 148 valence electrons. The highest BCUT2D eigenvalue weighted by atomic mass is 35.5. The normalized spacial score (nSPS) is 11.5. The molecular formula is C25H19ClN2OS. The molecule has 0 atom stereocenters. The van der Waals surface area contributed by atoms with Crippen molar-refractivity contribution in [3.63, 3.8) is 0 Å². The first-order valence-electron chi connectivity index (χ1n) is 9.46. The van der Waals surface area contributed by atoms with Crippen LogP contribution in [0.4, 0.5) is 5.69 Å². The van der Waals surface area contributed by atoms with Crippen LogP contribution in [0.3, 0.4) is 0 Å². The molecule has 0 aliphatic carbocycles. The van der Waals surface area contributed by atoms with Crippen molar-refractivity contribution in [1.29, 1.82) is 0 Å². The van der Waals surface area contributed by atoms with Gasteiger partial charge in [-0.15, -0.1) is 0 Å². The molecule has 0 radical (unpaired) electrons. The average molecular weight is 431 g/mol. The first kappa shape index (κ1) is 20.2. The summed E-state index contributed by atoms with van der Waals surface area (Å²) < 4.78 is 0. The number of anilines is 1. The van der Waals surface area contributed by atoms with E-state index in [9.17, 15) is 4.79 Å². The largest absolute Gasteiger partial charge is 0.286 e. The summed E-state index contributed by atoms with van der Waals surface area (Å²) in [4.78, 5) is 14.3. The number of hydrazone groups is 1. The van der Waals surface area contributed by atoms with Crippen LogP contribution in [-0.2, 0) is 0 Å². The molecule has 4 aromatic rings. The third-order valence-corrected chi connectivity index (χ3v) is 5.80. The quantitative estimate of drug-likeness (QED) is 0.120. The standard InChI is InChI=1S/C25H19ClN2OS/c1-17-6-14-23(15-7-17)30-25(28-27-22-12-10-21(26)11-13-22)24(29)20-9-8-18-4-2-3-5-19(18)16-20/h2-16,27H,1H3/b28-25-. The number of nitrogens with one attached hydrogen (secondary N) is 1. The molecule has 0 saturated heterocycles. The Labute approximate surface area is 184 Å². The minimum atomic E-state index is -0.132. The zero-order valence-corrected chi connectivity index (χ0v) is 17.9. The van der Waals surface area contributed by atoms with E-state index < -0.39 is 0 Å². The minimum absolute atomic E-state index is 0.132. The lowest BCUT2D eigenvalue weighted by Gasteiger charge is -2.09. The molecule has 0 aromatic heterocycles. The Kier molecular flexibility index (Phi) is 6.17. The average Bonchev–Trinajstić information content (AvgIpc) is 2.78. The predicted octanol–water partition coefficient (Wildman–Crippen LogP) is 7.20. The van der Waals surface area contributed by atoms with E-state index in [4.69, 9.17) is 11.6 Å². The second-order valence-corrected chi connectivity index (χ2v) is 8.34. The summed E-state index contributed by atoms with van der Waals surface area (Å²) in [6.07, 6.45) is 0. The van der Waals surface area contributed by atoms with Gasteiger partial charge >= 0.3 is 0 Å². The van der Waals surface area contributed by atoms with Gasteiger partial charge in [-0.1, -0.05) is 77.5 Å². The number of fused-ring (bicyclic) bond motifs is 1. The molecule has 0 unspecified atom stereocenters. The highest BCUT2D eigenvalue weighted by Crippen LogP contribution is 2.25. The summed E-state index contributed by atoms with van der Waals surface area (Å²) >= 11 is 7.29. The topological polar surface area (TPSA) is 41.5 Å². The highest BCUT2D eigenvalue weighted by molar-refractivity contribution is 8.15. The van der Waals surface area contributed by atoms with Gasteiger partial charge in [0.25, 0.3) is 0 Å². The molecule has 0 heterocycles. The van der Waals surface area contributed by atoms with Crippen molar-refractivity contribution >= 4 is 50.6 Å². The maximum atomic E-state index is 13.3. The molecule has 4 aromatic carbocycles. The Morgan fingerprint density at radius 2 is 1.57 bits per heavy atom. The molecule has 3 nitrogen and oxygen atoms in total. The molecule has 0 fully saturated rings. The summed E-state index contributed by atoms with van der Waals surface area (Å²) in [5, 5.41) is 7.56. The van der Waals surface area contributed by atoms with Gasteiger partial charge in [0.2, 0.25) is 5.78 Å². The highest BCUT2D eigenvalue weighted by Gasteiger charge is 2.17. The number of ketones is 1. The van der Waals surface area contributed by atoms with Gasteiger partial charge in [-0.25, -0.2) is 0 Å². The van der Waals surface area contributed by atoms with Crippen molar-refractivity contribution in [1.82, 2.24) is 0 Å². The third kappa shape index (κ3) is 4.90. The fourth-order valence-electron chi connectivity index (χ4n) is 2.93. The van der Waals surface area contributed by atoms with Gasteiger partial charge < -0.3 is 0 Å². The zero-order valence-electron chi connectivity index (χ0n) is 16.3. The lowest BCUT2D eigenvalue weighted by molar-refractivity contribution is 0.106. The van der Waals surface area contributed by atoms with Crippen molar-refractivity contribution in [2.75, 3.05) is 5.43 Å². The van der Waals surface area contributed by atoms with Crippen molar-refractivity contribution in [3.05, 3.63) is 107 Å². The van der Waals surface area contributed by atoms with E-state index in [-0.39, 0.29) is 5.78 Å². The van der Waals surface area contributed by atoms with E-state index >= 15 is 0 Å². The van der Waals surface area contributed by atoms with Crippen LogP contribution in [0.25, 0.3) is 10.8 Å². The van der Waals surface area contributed by atoms with Crippen LogP contribution in [0.5, 0.6) is 0 Å². The number of rotatable bonds is 5. The van der Waals surface area contributed by atoms with E-state index in [0.717, 1.165) is 26.9 Å². The van der Waals surface area contributed by atoms with Crippen LogP contribution in [0.15, 0.2) is 101 Å². The number of carbonyl (C=O) groups is 1. The number of halogens is 1. The first-order chi connectivity index (χ1) is 14.6. The summed E-state index contributed by atoms with van der Waals surface area (Å²) in [6.45, 7) is 2.03. The van der Waals surface area contributed by atoms with Gasteiger partial charge in [-0.3, -0.25) is 10.2 Å². The van der Waals surface area contributed by atoms with Crippen LogP contribution >= 0.6 is 23.4 Å². The number of aryl methyl sites for hydroxylation is 1. The van der Waals surface area contributed by atoms with Gasteiger partial charge in [0.05, 0.1) is 5.69 Å². The van der Waals surface area contributed by atoms with Crippen molar-refractivity contribution < 1.29 is 4.79 Å². The van der Waals surface area contributed by atoms with E-state index in [2.05, 4.69) is 10.5 Å². The SMILES string of the molecule is Cc1ccc(S/C(=N\Nc2ccc(Cl)cc2)C(=O)c2ccc3ccccc3c2)cc1. The summed E-state index contributed by atoms with van der Waals surface area (Å²) in [6, 6.07) is 28.9. The zero-order chi connectivity index (χ0) is 20.9. The Morgan fingerprint density at radius 3 is 2.30 bits per heavy atom. The number of carbonyl (C=O) groups excluding carboxylic acids is 1. The molecule has 1 N–H and O–H groups in total. The number of nitrogens with zero attached hydrogens (tertiary/aromatic N) is 1. The smallest absolute Gasteiger partial charge is 0.220 e. The Balaban J connectivity index is 1.66. The predicted molar refractivity (Wildman–Crippen MR) is 128 cm³/mol. The second-order valence-electron chi connectivity index (χ2n) is 6.84. The van der Waals surface area contributed by atoms with E-state index in [0.29, 0.717) is 15.6 Å². The van der Waals surface area contributed by atoms with Gasteiger partial charge in [-0.2, -0.15) is 5.10 Å².